The van der Waals surface area contributed by atoms with E-state index in [1.807, 2.05) is 0 Å². The Morgan fingerprint density at radius 1 is 0.677 bits per heavy atom. The smallest absolute Gasteiger partial charge is 0.0531 e. The zero-order chi connectivity index (χ0) is 22.9. The van der Waals surface area contributed by atoms with Crippen LogP contribution < -0.4 is 9.80 Å². The molecule has 0 aromatic heterocycles. The maximum atomic E-state index is 3.87. The number of hydrogen-bond acceptors (Lipinski definition) is 2. The number of likely N-dealkylation sites (N-methyl/N-ethyl adjacent to an activating group) is 2. The Kier molecular flexibility index (Phi) is 5.50. The van der Waals surface area contributed by atoms with Crippen molar-refractivity contribution in [3.8, 4) is 0 Å². The van der Waals surface area contributed by atoms with Crippen molar-refractivity contribution in [3.63, 3.8) is 0 Å². The van der Waals surface area contributed by atoms with Crippen LogP contribution in [0.4, 0.5) is 11.4 Å². The van der Waals surface area contributed by atoms with Crippen LogP contribution in [0.5, 0.6) is 0 Å². The van der Waals surface area contributed by atoms with Gasteiger partial charge in [-0.15, -0.1) is 0 Å². The van der Waals surface area contributed by atoms with E-state index in [1.165, 1.54) is 53.7 Å². The molecule has 2 heterocycles. The van der Waals surface area contributed by atoms with Crippen molar-refractivity contribution < 1.29 is 0 Å². The highest BCUT2D eigenvalue weighted by Gasteiger charge is 2.31. The van der Waals surface area contributed by atoms with Crippen molar-refractivity contribution in [1.82, 2.24) is 0 Å². The van der Waals surface area contributed by atoms with Crippen molar-refractivity contribution in [2.45, 2.75) is 59.0 Å². The lowest BCUT2D eigenvalue weighted by atomic mass is 9.86. The van der Waals surface area contributed by atoms with Gasteiger partial charge in [-0.05, 0) is 94.5 Å². The number of halogens is 2. The minimum atomic E-state index is 0.0171. The molecule has 2 aliphatic heterocycles. The number of allylic oxidation sites excluding steroid dienone is 2. The molecule has 0 radical (unpaired) electrons. The zero-order valence-corrected chi connectivity index (χ0v) is 23.0. The lowest BCUT2D eigenvalue weighted by Crippen LogP contribution is -2.42. The minimum absolute atomic E-state index is 0.0171. The summed E-state index contributed by atoms with van der Waals surface area (Å²) in [6.07, 6.45) is 5.61. The molecule has 0 N–H and O–H groups in total. The molecule has 0 amide bonds. The van der Waals surface area contributed by atoms with Crippen LogP contribution in [0.1, 0.15) is 63.8 Å². The van der Waals surface area contributed by atoms with Crippen LogP contribution in [0.2, 0.25) is 0 Å². The fourth-order valence-electron chi connectivity index (χ4n) is 4.91. The molecule has 4 heteroatoms. The van der Waals surface area contributed by atoms with Crippen molar-refractivity contribution in [2.75, 3.05) is 23.9 Å². The number of hydrogen-bond donors (Lipinski definition) is 0. The van der Waals surface area contributed by atoms with Crippen LogP contribution in [0.3, 0.4) is 0 Å². The highest BCUT2D eigenvalue weighted by molar-refractivity contribution is 9.10. The summed E-state index contributed by atoms with van der Waals surface area (Å²) < 4.78 is 2.33. The fraction of sp³-hybridized carbons (Fsp3) is 0.407. The monoisotopic (exact) mass is 542 g/mol. The molecule has 2 aromatic carbocycles. The summed E-state index contributed by atoms with van der Waals surface area (Å²) in [5, 5.41) is 0. The van der Waals surface area contributed by atoms with Crippen LogP contribution in [-0.4, -0.2) is 25.2 Å². The normalized spacial score (nSPS) is 18.9. The molecule has 164 valence electrons. The van der Waals surface area contributed by atoms with Gasteiger partial charge >= 0.3 is 0 Å². The number of anilines is 2. The first-order valence-electron chi connectivity index (χ1n) is 10.8. The van der Waals surface area contributed by atoms with E-state index in [4.69, 9.17) is 0 Å². The van der Waals surface area contributed by atoms with Gasteiger partial charge in [0.05, 0.1) is 11.1 Å². The van der Waals surface area contributed by atoms with E-state index in [9.17, 15) is 0 Å². The van der Waals surface area contributed by atoms with Gasteiger partial charge in [-0.3, -0.25) is 0 Å². The predicted octanol–water partition coefficient (Wildman–Crippen LogP) is 8.07. The van der Waals surface area contributed by atoms with E-state index in [-0.39, 0.29) is 11.1 Å². The summed E-state index contributed by atoms with van der Waals surface area (Å²) in [6, 6.07) is 9.30. The second-order valence-electron chi connectivity index (χ2n) is 10.2. The highest BCUT2D eigenvalue weighted by atomic mass is 79.9. The largest absolute Gasteiger partial charge is 0.365 e. The molecule has 0 bridgehead atoms. The van der Waals surface area contributed by atoms with E-state index < -0.39 is 0 Å². The number of nitrogens with zero attached hydrogens (tertiary/aromatic N) is 2. The van der Waals surface area contributed by atoms with Gasteiger partial charge in [0.1, 0.15) is 0 Å². The molecular weight excluding hydrogens is 512 g/mol. The summed E-state index contributed by atoms with van der Waals surface area (Å²) in [6.45, 7) is 13.5. The van der Waals surface area contributed by atoms with E-state index >= 15 is 0 Å². The van der Waals surface area contributed by atoms with E-state index in [2.05, 4.69) is 134 Å². The standard InChI is InChI=1S/C27H32Br2N2/c1-16-14-26(3,4)30(7)24-12-22(28)18(10-20(16)24)9-19-11-21-17(2)15-27(5,6)31(8)25(21)13-23(19)29/h10-15H,9H2,1-8H3. The molecule has 0 spiro atoms. The molecule has 31 heavy (non-hydrogen) atoms. The zero-order valence-electron chi connectivity index (χ0n) is 19.8. The lowest BCUT2D eigenvalue weighted by molar-refractivity contribution is 0.597. The third kappa shape index (κ3) is 3.80. The van der Waals surface area contributed by atoms with Crippen LogP contribution in [0.25, 0.3) is 11.1 Å². The molecule has 4 rings (SSSR count). The van der Waals surface area contributed by atoms with Crippen LogP contribution in [0, 0.1) is 0 Å². The maximum absolute atomic E-state index is 3.87. The van der Waals surface area contributed by atoms with Gasteiger partial charge in [0.25, 0.3) is 0 Å². The Labute approximate surface area is 204 Å². The molecule has 0 aliphatic carbocycles. The Morgan fingerprint density at radius 3 is 1.39 bits per heavy atom. The third-order valence-corrected chi connectivity index (χ3v) is 8.63. The summed E-state index contributed by atoms with van der Waals surface area (Å²) in [7, 11) is 4.36. The average molecular weight is 544 g/mol. The van der Waals surface area contributed by atoms with Crippen molar-refractivity contribution in [2.24, 2.45) is 0 Å². The first kappa shape index (κ1) is 22.7. The SMILES string of the molecule is CC1=CC(C)(C)N(C)c2cc(Br)c(Cc3cc4c(cc3Br)N(C)C(C)(C)C=C4C)cc21. The van der Waals surface area contributed by atoms with Crippen molar-refractivity contribution in [1.29, 1.82) is 0 Å². The van der Waals surface area contributed by atoms with E-state index in [0.717, 1.165) is 6.42 Å². The van der Waals surface area contributed by atoms with Crippen molar-refractivity contribution >= 4 is 54.4 Å². The topological polar surface area (TPSA) is 6.48 Å². The molecule has 2 aromatic rings. The molecule has 2 aliphatic rings. The van der Waals surface area contributed by atoms with E-state index in [1.54, 1.807) is 0 Å². The van der Waals surface area contributed by atoms with Gasteiger partial charge in [-0.1, -0.05) is 44.0 Å². The minimum Gasteiger partial charge on any atom is -0.365 e. The molecule has 0 atom stereocenters. The summed E-state index contributed by atoms with van der Waals surface area (Å²) >= 11 is 7.75. The first-order chi connectivity index (χ1) is 14.3. The van der Waals surface area contributed by atoms with Crippen molar-refractivity contribution in [3.05, 3.63) is 67.6 Å². The number of benzene rings is 2. The summed E-state index contributed by atoms with van der Waals surface area (Å²) in [4.78, 5) is 4.73. The second kappa shape index (κ2) is 7.52. The Bertz CT molecular complexity index is 1050. The molecule has 0 fully saturated rings. The fourth-order valence-corrected chi connectivity index (χ4v) is 5.85. The average Bonchev–Trinajstić information content (AvgIpc) is 2.66. The van der Waals surface area contributed by atoms with Crippen LogP contribution in [-0.2, 0) is 6.42 Å². The maximum Gasteiger partial charge on any atom is 0.0531 e. The van der Waals surface area contributed by atoms with Gasteiger partial charge in [-0.2, -0.15) is 0 Å². The van der Waals surface area contributed by atoms with Gasteiger partial charge in [0, 0.05) is 45.5 Å². The summed E-state index contributed by atoms with van der Waals surface area (Å²) in [5.41, 5.74) is 10.6. The molecule has 0 saturated heterocycles. The second-order valence-corrected chi connectivity index (χ2v) is 11.9. The van der Waals surface area contributed by atoms with Gasteiger partial charge in [0.15, 0.2) is 0 Å². The van der Waals surface area contributed by atoms with Gasteiger partial charge in [0.2, 0.25) is 0 Å². The summed E-state index contributed by atoms with van der Waals surface area (Å²) in [5.74, 6) is 0. The highest BCUT2D eigenvalue weighted by Crippen LogP contribution is 2.43. The Balaban J connectivity index is 1.77. The molecule has 2 nitrogen and oxygen atoms in total. The van der Waals surface area contributed by atoms with Gasteiger partial charge < -0.3 is 9.80 Å². The quantitative estimate of drug-likeness (QED) is 0.378. The lowest BCUT2D eigenvalue weighted by Gasteiger charge is -2.41. The predicted molar refractivity (Wildman–Crippen MR) is 143 cm³/mol. The third-order valence-electron chi connectivity index (χ3n) is 7.15. The Hall–Kier alpha value is -1.52. The van der Waals surface area contributed by atoms with Crippen LogP contribution in [0.15, 0.2) is 45.4 Å². The first-order valence-corrected chi connectivity index (χ1v) is 12.4. The van der Waals surface area contributed by atoms with Crippen LogP contribution >= 0.6 is 31.9 Å². The molecule has 0 saturated carbocycles. The van der Waals surface area contributed by atoms with Gasteiger partial charge in [-0.25, -0.2) is 0 Å². The van der Waals surface area contributed by atoms with E-state index in [0.29, 0.717) is 0 Å². The number of fused-ring (bicyclic) bond motifs is 2. The number of rotatable bonds is 2. The molecule has 0 unspecified atom stereocenters. The molecular formula is C27H32Br2N2. The Morgan fingerprint density at radius 2 is 1.03 bits per heavy atom.